The van der Waals surface area contributed by atoms with Crippen LogP contribution in [-0.2, 0) is 4.79 Å². The zero-order valence-corrected chi connectivity index (χ0v) is 9.43. The highest BCUT2D eigenvalue weighted by Gasteiger charge is 2.30. The molecule has 1 aromatic rings. The SMILES string of the molecule is C[C@H](N)c1nnc([C@H]2CCCC[C@@H]2C=O)o1. The molecular formula is C11H17N3O2. The van der Waals surface area contributed by atoms with E-state index in [1.165, 1.54) is 0 Å². The van der Waals surface area contributed by atoms with E-state index in [2.05, 4.69) is 10.2 Å². The smallest absolute Gasteiger partial charge is 0.232 e. The van der Waals surface area contributed by atoms with Crippen molar-refractivity contribution in [2.24, 2.45) is 11.7 Å². The molecular weight excluding hydrogens is 206 g/mol. The Labute approximate surface area is 94.4 Å². The number of hydrogen-bond donors (Lipinski definition) is 1. The fourth-order valence-electron chi connectivity index (χ4n) is 2.21. The Hall–Kier alpha value is -1.23. The highest BCUT2D eigenvalue weighted by molar-refractivity contribution is 5.55. The van der Waals surface area contributed by atoms with Crippen molar-refractivity contribution in [1.29, 1.82) is 0 Å². The van der Waals surface area contributed by atoms with Gasteiger partial charge in [0.15, 0.2) is 0 Å². The van der Waals surface area contributed by atoms with Crippen LogP contribution in [0.3, 0.4) is 0 Å². The second kappa shape index (κ2) is 4.74. The van der Waals surface area contributed by atoms with Gasteiger partial charge < -0.3 is 14.9 Å². The summed E-state index contributed by atoms with van der Waals surface area (Å²) in [5.74, 6) is 1.13. The summed E-state index contributed by atoms with van der Waals surface area (Å²) in [6, 6.07) is -0.250. The molecule has 1 aliphatic carbocycles. The van der Waals surface area contributed by atoms with E-state index < -0.39 is 0 Å². The van der Waals surface area contributed by atoms with Gasteiger partial charge in [-0.3, -0.25) is 0 Å². The second-order valence-electron chi connectivity index (χ2n) is 4.46. The van der Waals surface area contributed by atoms with Gasteiger partial charge in [0.05, 0.1) is 6.04 Å². The minimum absolute atomic E-state index is 0.0233. The number of hydrogen-bond acceptors (Lipinski definition) is 5. The monoisotopic (exact) mass is 223 g/mol. The van der Waals surface area contributed by atoms with E-state index in [4.69, 9.17) is 10.2 Å². The van der Waals surface area contributed by atoms with Crippen LogP contribution in [0.5, 0.6) is 0 Å². The molecule has 2 N–H and O–H groups in total. The Bertz CT molecular complexity index is 362. The summed E-state index contributed by atoms with van der Waals surface area (Å²) in [4.78, 5) is 11.0. The average Bonchev–Trinajstić information content (AvgIpc) is 2.78. The molecule has 0 amide bonds. The van der Waals surface area contributed by atoms with E-state index >= 15 is 0 Å². The van der Waals surface area contributed by atoms with Crippen molar-refractivity contribution in [2.75, 3.05) is 0 Å². The molecule has 5 nitrogen and oxygen atoms in total. The predicted molar refractivity (Wildman–Crippen MR) is 57.7 cm³/mol. The summed E-state index contributed by atoms with van der Waals surface area (Å²) in [6.45, 7) is 1.80. The fraction of sp³-hybridized carbons (Fsp3) is 0.727. The molecule has 5 heteroatoms. The van der Waals surface area contributed by atoms with Crippen molar-refractivity contribution in [1.82, 2.24) is 10.2 Å². The first kappa shape index (κ1) is 11.3. The molecule has 0 unspecified atom stereocenters. The standard InChI is InChI=1S/C11H17N3O2/c1-7(12)10-13-14-11(16-10)9-5-3-2-4-8(9)6-15/h6-9H,2-5,12H2,1H3/t7-,8+,9-/m0/s1. The van der Waals surface area contributed by atoms with Crippen molar-refractivity contribution >= 4 is 6.29 Å². The maximum absolute atomic E-state index is 11.0. The van der Waals surface area contributed by atoms with Gasteiger partial charge in [-0.2, -0.15) is 0 Å². The van der Waals surface area contributed by atoms with Gasteiger partial charge in [-0.1, -0.05) is 12.8 Å². The molecule has 1 aliphatic rings. The maximum Gasteiger partial charge on any atom is 0.232 e. The van der Waals surface area contributed by atoms with Crippen molar-refractivity contribution < 1.29 is 9.21 Å². The predicted octanol–water partition coefficient (Wildman–Crippen LogP) is 1.56. The lowest BCUT2D eigenvalue weighted by molar-refractivity contribution is -0.112. The van der Waals surface area contributed by atoms with E-state index in [0.717, 1.165) is 32.0 Å². The normalized spacial score (nSPS) is 27.6. The van der Waals surface area contributed by atoms with E-state index in [0.29, 0.717) is 11.8 Å². The first-order chi connectivity index (χ1) is 7.72. The number of nitrogens with zero attached hydrogens (tertiary/aromatic N) is 2. The van der Waals surface area contributed by atoms with Crippen molar-refractivity contribution in [3.63, 3.8) is 0 Å². The van der Waals surface area contributed by atoms with Gasteiger partial charge in [0.1, 0.15) is 6.29 Å². The number of rotatable bonds is 3. The zero-order chi connectivity index (χ0) is 11.5. The number of carbonyl (C=O) groups is 1. The minimum Gasteiger partial charge on any atom is -0.423 e. The van der Waals surface area contributed by atoms with Gasteiger partial charge in [-0.25, -0.2) is 0 Å². The Balaban J connectivity index is 2.17. The van der Waals surface area contributed by atoms with Crippen molar-refractivity contribution in [3.8, 4) is 0 Å². The van der Waals surface area contributed by atoms with Crippen LogP contribution in [-0.4, -0.2) is 16.5 Å². The van der Waals surface area contributed by atoms with Gasteiger partial charge in [0.2, 0.25) is 11.8 Å². The number of carbonyl (C=O) groups excluding carboxylic acids is 1. The minimum atomic E-state index is -0.250. The summed E-state index contributed by atoms with van der Waals surface area (Å²) in [6.07, 6.45) is 5.10. The summed E-state index contributed by atoms with van der Waals surface area (Å²) in [5, 5.41) is 7.91. The summed E-state index contributed by atoms with van der Waals surface area (Å²) in [7, 11) is 0. The second-order valence-corrected chi connectivity index (χ2v) is 4.46. The summed E-state index contributed by atoms with van der Waals surface area (Å²) < 4.78 is 5.51. The third-order valence-electron chi connectivity index (χ3n) is 3.16. The number of nitrogens with two attached hydrogens (primary N) is 1. The van der Waals surface area contributed by atoms with Gasteiger partial charge in [0, 0.05) is 11.8 Å². The molecule has 0 aromatic carbocycles. The first-order valence-corrected chi connectivity index (χ1v) is 5.76. The van der Waals surface area contributed by atoms with E-state index in [-0.39, 0.29) is 17.9 Å². The fourth-order valence-corrected chi connectivity index (χ4v) is 2.21. The van der Waals surface area contributed by atoms with Gasteiger partial charge in [0.25, 0.3) is 0 Å². The Morgan fingerprint density at radius 3 is 2.81 bits per heavy atom. The quantitative estimate of drug-likeness (QED) is 0.786. The van der Waals surface area contributed by atoms with Crippen LogP contribution in [0.2, 0.25) is 0 Å². The third-order valence-corrected chi connectivity index (χ3v) is 3.16. The summed E-state index contributed by atoms with van der Waals surface area (Å²) in [5.41, 5.74) is 5.66. The molecule has 2 rings (SSSR count). The van der Waals surface area contributed by atoms with Gasteiger partial charge in [-0.15, -0.1) is 10.2 Å². The van der Waals surface area contributed by atoms with E-state index in [1.54, 1.807) is 6.92 Å². The molecule has 3 atom stereocenters. The van der Waals surface area contributed by atoms with Crippen LogP contribution in [0.25, 0.3) is 0 Å². The first-order valence-electron chi connectivity index (χ1n) is 5.76. The Kier molecular flexibility index (Phi) is 3.33. The van der Waals surface area contributed by atoms with Crippen LogP contribution in [0.1, 0.15) is 56.3 Å². The van der Waals surface area contributed by atoms with Gasteiger partial charge >= 0.3 is 0 Å². The Morgan fingerprint density at radius 2 is 2.19 bits per heavy atom. The lowest BCUT2D eigenvalue weighted by atomic mass is 9.80. The van der Waals surface area contributed by atoms with Crippen LogP contribution >= 0.6 is 0 Å². The number of aldehydes is 1. The number of aromatic nitrogens is 2. The van der Waals surface area contributed by atoms with Crippen LogP contribution in [0.15, 0.2) is 4.42 Å². The molecule has 1 aromatic heterocycles. The van der Waals surface area contributed by atoms with Crippen molar-refractivity contribution in [2.45, 2.75) is 44.6 Å². The molecule has 1 saturated carbocycles. The highest BCUT2D eigenvalue weighted by atomic mass is 16.4. The summed E-state index contributed by atoms with van der Waals surface area (Å²) >= 11 is 0. The maximum atomic E-state index is 11.0. The Morgan fingerprint density at radius 1 is 1.44 bits per heavy atom. The van der Waals surface area contributed by atoms with E-state index in [1.807, 2.05) is 0 Å². The largest absolute Gasteiger partial charge is 0.423 e. The lowest BCUT2D eigenvalue weighted by Crippen LogP contribution is -2.19. The molecule has 0 bridgehead atoms. The van der Waals surface area contributed by atoms with Gasteiger partial charge in [-0.05, 0) is 19.8 Å². The third kappa shape index (κ3) is 2.14. The molecule has 1 heterocycles. The molecule has 16 heavy (non-hydrogen) atoms. The molecule has 0 radical (unpaired) electrons. The molecule has 0 spiro atoms. The molecule has 0 saturated heterocycles. The average molecular weight is 223 g/mol. The lowest BCUT2D eigenvalue weighted by Gasteiger charge is -2.24. The molecule has 88 valence electrons. The van der Waals surface area contributed by atoms with Crippen LogP contribution in [0.4, 0.5) is 0 Å². The highest BCUT2D eigenvalue weighted by Crippen LogP contribution is 2.36. The zero-order valence-electron chi connectivity index (χ0n) is 9.43. The van der Waals surface area contributed by atoms with Crippen molar-refractivity contribution in [3.05, 3.63) is 11.8 Å². The molecule has 1 fully saturated rings. The van der Waals surface area contributed by atoms with E-state index in [9.17, 15) is 4.79 Å². The topological polar surface area (TPSA) is 82.0 Å². The molecule has 0 aliphatic heterocycles. The van der Waals surface area contributed by atoms with Crippen LogP contribution < -0.4 is 5.73 Å². The van der Waals surface area contributed by atoms with Crippen LogP contribution in [0, 0.1) is 5.92 Å².